The zero-order chi connectivity index (χ0) is 26.1. The zero-order valence-electron chi connectivity index (χ0n) is 21.8. The summed E-state index contributed by atoms with van der Waals surface area (Å²) in [4.78, 5) is 37.6. The SMILES string of the molecule is Cn1cc(CN2CCC3(CC2)C(=O)N(Cc2cccnc2)C(=O)N3CCc2ccccc2)c2ccccc21. The second kappa shape index (κ2) is 10.1. The maximum absolute atomic E-state index is 14.0. The van der Waals surface area contributed by atoms with E-state index in [0.29, 0.717) is 19.4 Å². The summed E-state index contributed by atoms with van der Waals surface area (Å²) in [6.07, 6.45) is 7.65. The van der Waals surface area contributed by atoms with Crippen LogP contribution in [0.5, 0.6) is 0 Å². The van der Waals surface area contributed by atoms with Crippen LogP contribution in [0.15, 0.2) is 85.3 Å². The van der Waals surface area contributed by atoms with Crippen molar-refractivity contribution in [2.45, 2.75) is 37.9 Å². The van der Waals surface area contributed by atoms with Gasteiger partial charge in [-0.2, -0.15) is 0 Å². The van der Waals surface area contributed by atoms with E-state index < -0.39 is 5.54 Å². The Morgan fingerprint density at radius 2 is 1.61 bits per heavy atom. The first-order valence-corrected chi connectivity index (χ1v) is 13.4. The molecule has 0 saturated carbocycles. The van der Waals surface area contributed by atoms with E-state index in [1.165, 1.54) is 26.9 Å². The number of nitrogens with zero attached hydrogens (tertiary/aromatic N) is 5. The van der Waals surface area contributed by atoms with E-state index in [2.05, 4.69) is 64.1 Å². The molecule has 2 aliphatic heterocycles. The Morgan fingerprint density at radius 3 is 2.37 bits per heavy atom. The molecule has 1 spiro atoms. The number of carbonyl (C=O) groups excluding carboxylic acids is 2. The number of para-hydroxylation sites is 1. The summed E-state index contributed by atoms with van der Waals surface area (Å²) in [5.74, 6) is -0.0655. The molecule has 0 atom stereocenters. The summed E-state index contributed by atoms with van der Waals surface area (Å²) in [5.41, 5.74) is 3.77. The first-order valence-electron chi connectivity index (χ1n) is 13.4. The van der Waals surface area contributed by atoms with Gasteiger partial charge in [0.25, 0.3) is 5.91 Å². The Labute approximate surface area is 223 Å². The van der Waals surface area contributed by atoms with Crippen molar-refractivity contribution < 1.29 is 9.59 Å². The summed E-state index contributed by atoms with van der Waals surface area (Å²) in [6.45, 7) is 3.16. The van der Waals surface area contributed by atoms with Crippen molar-refractivity contribution in [1.82, 2.24) is 24.3 Å². The standard InChI is InChI=1S/C31H33N5O2/c1-33-22-26(27-11-5-6-12-28(27)33)23-34-18-14-31(15-19-34)29(37)35(21-25-10-7-16-32-20-25)30(38)36(31)17-13-24-8-3-2-4-9-24/h2-12,16,20,22H,13-15,17-19,21,23H2,1H3. The number of fused-ring (bicyclic) bond motifs is 1. The molecule has 2 aromatic carbocycles. The normalized spacial score (nSPS) is 17.7. The minimum Gasteiger partial charge on any atom is -0.350 e. The maximum Gasteiger partial charge on any atom is 0.328 e. The van der Waals surface area contributed by atoms with Crippen LogP contribution in [0.3, 0.4) is 0 Å². The highest BCUT2D eigenvalue weighted by Crippen LogP contribution is 2.39. The molecule has 6 rings (SSSR count). The first kappa shape index (κ1) is 24.4. The third-order valence-corrected chi connectivity index (χ3v) is 8.21. The number of urea groups is 1. The molecule has 0 radical (unpaired) electrons. The number of imide groups is 1. The predicted molar refractivity (Wildman–Crippen MR) is 147 cm³/mol. The lowest BCUT2D eigenvalue weighted by Gasteiger charge is -2.42. The molecule has 38 heavy (non-hydrogen) atoms. The molecule has 2 aromatic heterocycles. The van der Waals surface area contributed by atoms with Crippen LogP contribution in [0.1, 0.15) is 29.5 Å². The molecule has 4 aromatic rings. The second-order valence-electron chi connectivity index (χ2n) is 10.5. The lowest BCUT2D eigenvalue weighted by molar-refractivity contribution is -0.136. The monoisotopic (exact) mass is 507 g/mol. The third-order valence-electron chi connectivity index (χ3n) is 8.21. The van der Waals surface area contributed by atoms with Gasteiger partial charge in [-0.3, -0.25) is 19.6 Å². The first-order chi connectivity index (χ1) is 18.5. The van der Waals surface area contributed by atoms with Crippen molar-refractivity contribution in [3.05, 3.63) is 102 Å². The van der Waals surface area contributed by atoms with E-state index in [0.717, 1.165) is 31.6 Å². The molecule has 0 N–H and O–H groups in total. The lowest BCUT2D eigenvalue weighted by Crippen LogP contribution is -2.56. The van der Waals surface area contributed by atoms with Crippen molar-refractivity contribution >= 4 is 22.8 Å². The van der Waals surface area contributed by atoms with Gasteiger partial charge in [0.05, 0.1) is 6.54 Å². The van der Waals surface area contributed by atoms with Crippen molar-refractivity contribution in [1.29, 1.82) is 0 Å². The van der Waals surface area contributed by atoms with Crippen LogP contribution >= 0.6 is 0 Å². The van der Waals surface area contributed by atoms with E-state index in [9.17, 15) is 9.59 Å². The number of piperidine rings is 1. The Morgan fingerprint density at radius 1 is 0.868 bits per heavy atom. The average Bonchev–Trinajstić information content (AvgIpc) is 3.36. The molecule has 0 aliphatic carbocycles. The summed E-state index contributed by atoms with van der Waals surface area (Å²) < 4.78 is 2.18. The Kier molecular flexibility index (Phi) is 6.45. The molecule has 7 heteroatoms. The van der Waals surface area contributed by atoms with Gasteiger partial charge >= 0.3 is 6.03 Å². The number of hydrogen-bond donors (Lipinski definition) is 0. The molecule has 0 bridgehead atoms. The highest BCUT2D eigenvalue weighted by atomic mass is 16.2. The van der Waals surface area contributed by atoms with Crippen LogP contribution < -0.4 is 0 Å². The summed E-state index contributed by atoms with van der Waals surface area (Å²) >= 11 is 0. The van der Waals surface area contributed by atoms with E-state index in [1.807, 2.05) is 35.2 Å². The van der Waals surface area contributed by atoms with Gasteiger partial charge in [-0.1, -0.05) is 54.6 Å². The number of benzene rings is 2. The summed E-state index contributed by atoms with van der Waals surface area (Å²) in [7, 11) is 2.08. The van der Waals surface area contributed by atoms with E-state index >= 15 is 0 Å². The number of aromatic nitrogens is 2. The van der Waals surface area contributed by atoms with Gasteiger partial charge in [0.2, 0.25) is 0 Å². The Hall–Kier alpha value is -3.97. The van der Waals surface area contributed by atoms with Crippen LogP contribution in [-0.2, 0) is 31.4 Å². The van der Waals surface area contributed by atoms with Crippen molar-refractivity contribution in [2.75, 3.05) is 19.6 Å². The van der Waals surface area contributed by atoms with Gasteiger partial charge in [-0.25, -0.2) is 4.79 Å². The number of amides is 3. The lowest BCUT2D eigenvalue weighted by atomic mass is 9.85. The predicted octanol–water partition coefficient (Wildman–Crippen LogP) is 4.62. The highest BCUT2D eigenvalue weighted by molar-refractivity contribution is 6.07. The molecule has 4 heterocycles. The molecule has 2 saturated heterocycles. The molecule has 194 valence electrons. The molecule has 2 aliphatic rings. The number of carbonyl (C=O) groups is 2. The van der Waals surface area contributed by atoms with Gasteiger partial charge in [0.1, 0.15) is 5.54 Å². The number of rotatable bonds is 7. The number of pyridine rings is 1. The smallest absolute Gasteiger partial charge is 0.328 e. The van der Waals surface area contributed by atoms with Crippen LogP contribution in [-0.4, -0.2) is 61.4 Å². The molecular formula is C31H33N5O2. The Bertz CT molecular complexity index is 1440. The third kappa shape index (κ3) is 4.37. The fourth-order valence-corrected chi connectivity index (χ4v) is 6.15. The molecular weight excluding hydrogens is 474 g/mol. The van der Waals surface area contributed by atoms with E-state index in [4.69, 9.17) is 0 Å². The largest absolute Gasteiger partial charge is 0.350 e. The molecule has 2 fully saturated rings. The van der Waals surface area contributed by atoms with Crippen molar-refractivity contribution in [3.63, 3.8) is 0 Å². The minimum atomic E-state index is -0.788. The summed E-state index contributed by atoms with van der Waals surface area (Å²) in [6, 6.07) is 22.2. The van der Waals surface area contributed by atoms with Crippen molar-refractivity contribution in [3.8, 4) is 0 Å². The quantitative estimate of drug-likeness (QED) is 0.343. The average molecular weight is 508 g/mol. The topological polar surface area (TPSA) is 61.7 Å². The fourth-order valence-electron chi connectivity index (χ4n) is 6.15. The van der Waals surface area contributed by atoms with Crippen molar-refractivity contribution in [2.24, 2.45) is 7.05 Å². The minimum absolute atomic E-state index is 0.0655. The molecule has 3 amide bonds. The maximum atomic E-state index is 14.0. The number of aryl methyl sites for hydroxylation is 1. The summed E-state index contributed by atoms with van der Waals surface area (Å²) in [5, 5.41) is 1.27. The Balaban J connectivity index is 1.23. The van der Waals surface area contributed by atoms with Crippen LogP contribution in [0, 0.1) is 0 Å². The zero-order valence-corrected chi connectivity index (χ0v) is 21.8. The van der Waals surface area contributed by atoms with Gasteiger partial charge in [-0.05, 0) is 48.1 Å². The van der Waals surface area contributed by atoms with Gasteiger partial charge in [0.15, 0.2) is 0 Å². The van der Waals surface area contributed by atoms with Gasteiger partial charge in [-0.15, -0.1) is 0 Å². The van der Waals surface area contributed by atoms with Crippen LogP contribution in [0.4, 0.5) is 4.79 Å². The fraction of sp³-hybridized carbons (Fsp3) is 0.323. The number of hydrogen-bond acceptors (Lipinski definition) is 4. The van der Waals surface area contributed by atoms with Gasteiger partial charge < -0.3 is 9.47 Å². The van der Waals surface area contributed by atoms with E-state index in [1.54, 1.807) is 12.4 Å². The van der Waals surface area contributed by atoms with E-state index in [-0.39, 0.29) is 18.5 Å². The highest BCUT2D eigenvalue weighted by Gasteiger charge is 2.57. The van der Waals surface area contributed by atoms with Crippen LogP contribution in [0.2, 0.25) is 0 Å². The number of likely N-dealkylation sites (tertiary alicyclic amines) is 1. The van der Waals surface area contributed by atoms with Crippen LogP contribution in [0.25, 0.3) is 10.9 Å². The second-order valence-corrected chi connectivity index (χ2v) is 10.5. The van der Waals surface area contributed by atoms with Gasteiger partial charge in [0, 0.05) is 62.7 Å². The molecule has 7 nitrogen and oxygen atoms in total. The molecule has 0 unspecified atom stereocenters.